The summed E-state index contributed by atoms with van der Waals surface area (Å²) in [6.45, 7) is 1.83. The van der Waals surface area contributed by atoms with Crippen molar-refractivity contribution >= 4 is 46.0 Å². The molecular formula is C20H16N4OS. The van der Waals surface area contributed by atoms with Crippen LogP contribution < -0.4 is 5.32 Å². The third kappa shape index (κ3) is 3.14. The molecule has 0 aliphatic carbocycles. The molecule has 0 saturated heterocycles. The summed E-state index contributed by atoms with van der Waals surface area (Å²) in [7, 11) is 0. The molecule has 4 rings (SSSR count). The normalized spacial score (nSPS) is 11.3. The van der Waals surface area contributed by atoms with Crippen LogP contribution in [0.5, 0.6) is 0 Å². The van der Waals surface area contributed by atoms with Crippen molar-refractivity contribution < 1.29 is 4.79 Å². The average molecular weight is 360 g/mol. The van der Waals surface area contributed by atoms with E-state index in [2.05, 4.69) is 20.5 Å². The molecule has 0 radical (unpaired) electrons. The third-order valence-electron chi connectivity index (χ3n) is 4.08. The Morgan fingerprint density at radius 2 is 1.92 bits per heavy atom. The summed E-state index contributed by atoms with van der Waals surface area (Å²) < 4.78 is 0. The van der Waals surface area contributed by atoms with E-state index in [0.717, 1.165) is 33.5 Å². The van der Waals surface area contributed by atoms with Crippen molar-refractivity contribution in [2.24, 2.45) is 0 Å². The van der Waals surface area contributed by atoms with Gasteiger partial charge in [0.15, 0.2) is 0 Å². The Bertz CT molecular complexity index is 1110. The predicted octanol–water partition coefficient (Wildman–Crippen LogP) is 4.75. The largest absolute Gasteiger partial charge is 0.321 e. The molecule has 128 valence electrons. The van der Waals surface area contributed by atoms with Gasteiger partial charge in [-0.25, -0.2) is 4.98 Å². The quantitative estimate of drug-likeness (QED) is 0.552. The van der Waals surface area contributed by atoms with E-state index >= 15 is 0 Å². The van der Waals surface area contributed by atoms with E-state index in [-0.39, 0.29) is 5.91 Å². The molecule has 0 spiro atoms. The highest BCUT2D eigenvalue weighted by atomic mass is 32.1. The number of aromatic nitrogens is 3. The fourth-order valence-corrected chi connectivity index (χ4v) is 3.43. The van der Waals surface area contributed by atoms with Crippen molar-refractivity contribution in [1.29, 1.82) is 0 Å². The van der Waals surface area contributed by atoms with Crippen LogP contribution in [-0.4, -0.2) is 21.1 Å². The molecule has 26 heavy (non-hydrogen) atoms. The lowest BCUT2D eigenvalue weighted by molar-refractivity contribution is 0.103. The van der Waals surface area contributed by atoms with E-state index in [9.17, 15) is 4.79 Å². The van der Waals surface area contributed by atoms with Gasteiger partial charge in [0.05, 0.1) is 22.4 Å². The second-order valence-corrected chi connectivity index (χ2v) is 6.65. The number of carbonyl (C=O) groups is 1. The van der Waals surface area contributed by atoms with Crippen LogP contribution in [0.3, 0.4) is 0 Å². The van der Waals surface area contributed by atoms with E-state index in [1.54, 1.807) is 5.51 Å². The number of amides is 1. The fourth-order valence-electron chi connectivity index (χ4n) is 2.74. The number of para-hydroxylation sites is 2. The van der Waals surface area contributed by atoms with E-state index in [1.807, 2.05) is 67.6 Å². The summed E-state index contributed by atoms with van der Waals surface area (Å²) in [6, 6.07) is 15.7. The van der Waals surface area contributed by atoms with Crippen LogP contribution in [0.4, 0.5) is 5.69 Å². The van der Waals surface area contributed by atoms with Crippen LogP contribution in [0.25, 0.3) is 23.1 Å². The number of hydrogen-bond donors (Lipinski definition) is 2. The molecule has 2 aromatic heterocycles. The lowest BCUT2D eigenvalue weighted by atomic mass is 10.1. The highest BCUT2D eigenvalue weighted by Crippen LogP contribution is 2.22. The molecule has 2 aromatic carbocycles. The van der Waals surface area contributed by atoms with Crippen molar-refractivity contribution in [3.05, 3.63) is 75.9 Å². The first-order valence-corrected chi connectivity index (χ1v) is 9.02. The minimum absolute atomic E-state index is 0.143. The van der Waals surface area contributed by atoms with Gasteiger partial charge in [-0.05, 0) is 30.7 Å². The summed E-state index contributed by atoms with van der Waals surface area (Å²) >= 11 is 1.34. The molecule has 0 bridgehead atoms. The second kappa shape index (κ2) is 6.93. The molecule has 4 aromatic rings. The maximum absolute atomic E-state index is 12.5. The Kier molecular flexibility index (Phi) is 4.33. The number of fused-ring (bicyclic) bond motifs is 1. The lowest BCUT2D eigenvalue weighted by Gasteiger charge is -2.07. The number of nitrogens with zero attached hydrogens (tertiary/aromatic N) is 2. The predicted molar refractivity (Wildman–Crippen MR) is 106 cm³/mol. The SMILES string of the molecule is Cc1ncsc1C(=O)Nc1ccccc1/C=C/c1n[nH]c2ccccc12. The van der Waals surface area contributed by atoms with Gasteiger partial charge < -0.3 is 5.32 Å². The molecule has 1 amide bonds. The first-order valence-electron chi connectivity index (χ1n) is 8.14. The summed E-state index contributed by atoms with van der Waals surface area (Å²) in [5.41, 5.74) is 5.94. The van der Waals surface area contributed by atoms with Crippen LogP contribution >= 0.6 is 11.3 Å². The monoisotopic (exact) mass is 360 g/mol. The van der Waals surface area contributed by atoms with E-state index < -0.39 is 0 Å². The molecule has 0 fully saturated rings. The smallest absolute Gasteiger partial charge is 0.267 e. The van der Waals surface area contributed by atoms with Gasteiger partial charge in [0.1, 0.15) is 4.88 Å². The number of carbonyl (C=O) groups excluding carboxylic acids is 1. The molecule has 0 unspecified atom stereocenters. The van der Waals surface area contributed by atoms with Gasteiger partial charge in [0, 0.05) is 11.1 Å². The number of aryl methyl sites for hydroxylation is 1. The van der Waals surface area contributed by atoms with E-state index in [0.29, 0.717) is 4.88 Å². The topological polar surface area (TPSA) is 70.7 Å². The standard InChI is InChI=1S/C20H16N4OS/c1-13-19(26-12-21-13)20(25)22-16-8-4-2-6-14(16)10-11-18-15-7-3-5-9-17(15)23-24-18/h2-12H,1H3,(H,22,25)(H,23,24)/b11-10+. The minimum atomic E-state index is -0.143. The van der Waals surface area contributed by atoms with Crippen molar-refractivity contribution in [3.8, 4) is 0 Å². The van der Waals surface area contributed by atoms with Crippen LogP contribution in [0, 0.1) is 6.92 Å². The van der Waals surface area contributed by atoms with Crippen LogP contribution in [0.15, 0.2) is 54.0 Å². The summed E-state index contributed by atoms with van der Waals surface area (Å²) in [6.07, 6.45) is 3.90. The van der Waals surface area contributed by atoms with E-state index in [4.69, 9.17) is 0 Å². The Balaban J connectivity index is 1.62. The van der Waals surface area contributed by atoms with Crippen LogP contribution in [0.1, 0.15) is 26.6 Å². The molecule has 6 heteroatoms. The number of nitrogens with one attached hydrogen (secondary N) is 2. The second-order valence-electron chi connectivity index (χ2n) is 5.80. The van der Waals surface area contributed by atoms with Gasteiger partial charge in [-0.1, -0.05) is 42.5 Å². The maximum Gasteiger partial charge on any atom is 0.267 e. The fraction of sp³-hybridized carbons (Fsp3) is 0.0500. The van der Waals surface area contributed by atoms with E-state index in [1.165, 1.54) is 11.3 Å². The first kappa shape index (κ1) is 16.2. The number of benzene rings is 2. The van der Waals surface area contributed by atoms with Gasteiger partial charge in [-0.2, -0.15) is 5.10 Å². The number of anilines is 1. The molecule has 0 aliphatic heterocycles. The average Bonchev–Trinajstić information content (AvgIpc) is 3.27. The zero-order valence-electron chi connectivity index (χ0n) is 14.1. The van der Waals surface area contributed by atoms with Gasteiger partial charge in [-0.3, -0.25) is 9.89 Å². The van der Waals surface area contributed by atoms with Crippen molar-refractivity contribution in [2.75, 3.05) is 5.32 Å². The number of thiazole rings is 1. The Labute approximate surface area is 154 Å². The Morgan fingerprint density at radius 1 is 1.12 bits per heavy atom. The van der Waals surface area contributed by atoms with Crippen LogP contribution in [-0.2, 0) is 0 Å². The lowest BCUT2D eigenvalue weighted by Crippen LogP contribution is -2.12. The number of aromatic amines is 1. The maximum atomic E-state index is 12.5. The number of H-pyrrole nitrogens is 1. The minimum Gasteiger partial charge on any atom is -0.321 e. The van der Waals surface area contributed by atoms with Gasteiger partial charge in [0.25, 0.3) is 5.91 Å². The molecule has 5 nitrogen and oxygen atoms in total. The zero-order chi connectivity index (χ0) is 17.9. The first-order chi connectivity index (χ1) is 12.7. The number of hydrogen-bond acceptors (Lipinski definition) is 4. The Morgan fingerprint density at radius 3 is 2.77 bits per heavy atom. The summed E-state index contributed by atoms with van der Waals surface area (Å²) in [5, 5.41) is 11.4. The third-order valence-corrected chi connectivity index (χ3v) is 5.01. The molecule has 2 N–H and O–H groups in total. The van der Waals surface area contributed by atoms with Crippen molar-refractivity contribution in [2.45, 2.75) is 6.92 Å². The molecule has 0 aliphatic rings. The molecule has 0 atom stereocenters. The Hall–Kier alpha value is -3.25. The summed E-state index contributed by atoms with van der Waals surface area (Å²) in [5.74, 6) is -0.143. The van der Waals surface area contributed by atoms with Gasteiger partial charge in [0.2, 0.25) is 0 Å². The summed E-state index contributed by atoms with van der Waals surface area (Å²) in [4.78, 5) is 17.2. The highest BCUT2D eigenvalue weighted by molar-refractivity contribution is 7.12. The molecule has 2 heterocycles. The zero-order valence-corrected chi connectivity index (χ0v) is 14.9. The van der Waals surface area contributed by atoms with Crippen LogP contribution in [0.2, 0.25) is 0 Å². The van der Waals surface area contributed by atoms with Gasteiger partial charge in [-0.15, -0.1) is 11.3 Å². The van der Waals surface area contributed by atoms with Crippen molar-refractivity contribution in [1.82, 2.24) is 15.2 Å². The van der Waals surface area contributed by atoms with Gasteiger partial charge >= 0.3 is 0 Å². The molecule has 0 saturated carbocycles. The number of rotatable bonds is 4. The highest BCUT2D eigenvalue weighted by Gasteiger charge is 2.13. The van der Waals surface area contributed by atoms with Crippen molar-refractivity contribution in [3.63, 3.8) is 0 Å². The molecular weight excluding hydrogens is 344 g/mol.